The first-order valence-electron chi connectivity index (χ1n) is 7.63. The van der Waals surface area contributed by atoms with Gasteiger partial charge in [-0.1, -0.05) is 19.8 Å². The summed E-state index contributed by atoms with van der Waals surface area (Å²) in [6.45, 7) is 7.03. The fourth-order valence-corrected chi connectivity index (χ4v) is 2.80. The number of hydrogen-bond donors (Lipinski definition) is 2. The average molecular weight is 275 g/mol. The number of nitrogens with one attached hydrogen (secondary N) is 2. The molecule has 1 aromatic rings. The van der Waals surface area contributed by atoms with Gasteiger partial charge >= 0.3 is 0 Å². The molecule has 1 aromatic heterocycles. The maximum absolute atomic E-state index is 12.5. The van der Waals surface area contributed by atoms with Crippen LogP contribution in [0.4, 0.5) is 5.82 Å². The molecule has 2 rings (SSSR count). The second-order valence-corrected chi connectivity index (χ2v) is 5.84. The predicted octanol–water partition coefficient (Wildman–Crippen LogP) is 3.14. The largest absolute Gasteiger partial charge is 0.370 e. The van der Waals surface area contributed by atoms with E-state index in [0.29, 0.717) is 5.56 Å². The Bertz CT molecular complexity index is 479. The lowest BCUT2D eigenvalue weighted by Gasteiger charge is -2.25. The van der Waals surface area contributed by atoms with Gasteiger partial charge in [-0.2, -0.15) is 0 Å². The molecule has 110 valence electrons. The highest BCUT2D eigenvalue weighted by Crippen LogP contribution is 2.29. The van der Waals surface area contributed by atoms with Crippen LogP contribution in [0.3, 0.4) is 0 Å². The van der Waals surface area contributed by atoms with Crippen molar-refractivity contribution >= 4 is 11.7 Å². The van der Waals surface area contributed by atoms with Crippen molar-refractivity contribution in [1.29, 1.82) is 0 Å². The van der Waals surface area contributed by atoms with Crippen LogP contribution < -0.4 is 10.6 Å². The number of nitrogens with zero attached hydrogens (tertiary/aromatic N) is 1. The van der Waals surface area contributed by atoms with Crippen molar-refractivity contribution in [2.45, 2.75) is 58.4 Å². The quantitative estimate of drug-likeness (QED) is 0.868. The molecule has 1 saturated carbocycles. The average Bonchev–Trinajstić information content (AvgIpc) is 2.85. The Hall–Kier alpha value is -1.58. The van der Waals surface area contributed by atoms with E-state index in [-0.39, 0.29) is 11.4 Å². The molecule has 4 nitrogen and oxygen atoms in total. The molecule has 0 aliphatic heterocycles. The van der Waals surface area contributed by atoms with Crippen LogP contribution in [0.1, 0.15) is 62.5 Å². The Kier molecular flexibility index (Phi) is 4.63. The molecule has 0 unspecified atom stereocenters. The SMILES string of the molecule is CCNc1cc(C(=O)NC2(C)CCCC2)cc(CC)n1. The molecule has 4 heteroatoms. The molecule has 1 aliphatic rings. The highest BCUT2D eigenvalue weighted by Gasteiger charge is 2.30. The van der Waals surface area contributed by atoms with Crippen LogP contribution in [0.15, 0.2) is 12.1 Å². The molecule has 0 aromatic carbocycles. The van der Waals surface area contributed by atoms with Crippen molar-refractivity contribution in [2.75, 3.05) is 11.9 Å². The first-order valence-corrected chi connectivity index (χ1v) is 7.63. The van der Waals surface area contributed by atoms with Crippen LogP contribution in [0, 0.1) is 0 Å². The summed E-state index contributed by atoms with van der Waals surface area (Å²) in [6.07, 6.45) is 5.39. The van der Waals surface area contributed by atoms with Crippen LogP contribution >= 0.6 is 0 Å². The molecule has 0 atom stereocenters. The fraction of sp³-hybridized carbons (Fsp3) is 0.625. The van der Waals surface area contributed by atoms with Gasteiger partial charge in [0, 0.05) is 23.3 Å². The monoisotopic (exact) mass is 275 g/mol. The molecule has 0 radical (unpaired) electrons. The third-order valence-corrected chi connectivity index (χ3v) is 3.98. The first-order chi connectivity index (χ1) is 9.56. The van der Waals surface area contributed by atoms with Gasteiger partial charge in [0.1, 0.15) is 5.82 Å². The minimum Gasteiger partial charge on any atom is -0.370 e. The Balaban J connectivity index is 2.17. The summed E-state index contributed by atoms with van der Waals surface area (Å²) in [5, 5.41) is 6.39. The van der Waals surface area contributed by atoms with E-state index < -0.39 is 0 Å². The van der Waals surface area contributed by atoms with E-state index >= 15 is 0 Å². The number of aromatic nitrogens is 1. The summed E-state index contributed by atoms with van der Waals surface area (Å²) >= 11 is 0. The van der Waals surface area contributed by atoms with Crippen LogP contribution in [0.5, 0.6) is 0 Å². The van der Waals surface area contributed by atoms with E-state index in [4.69, 9.17) is 0 Å². The summed E-state index contributed by atoms with van der Waals surface area (Å²) < 4.78 is 0. The Morgan fingerprint density at radius 3 is 2.60 bits per heavy atom. The number of amides is 1. The van der Waals surface area contributed by atoms with E-state index in [1.54, 1.807) is 0 Å². The van der Waals surface area contributed by atoms with Gasteiger partial charge in [0.25, 0.3) is 5.91 Å². The summed E-state index contributed by atoms with van der Waals surface area (Å²) in [7, 11) is 0. The van der Waals surface area contributed by atoms with Crippen molar-refractivity contribution in [3.05, 3.63) is 23.4 Å². The topological polar surface area (TPSA) is 54.0 Å². The van der Waals surface area contributed by atoms with Gasteiger partial charge in [0.15, 0.2) is 0 Å². The van der Waals surface area contributed by atoms with Crippen LogP contribution in [-0.2, 0) is 6.42 Å². The number of anilines is 1. The number of aryl methyl sites for hydroxylation is 1. The summed E-state index contributed by atoms with van der Waals surface area (Å²) in [5.41, 5.74) is 1.62. The maximum Gasteiger partial charge on any atom is 0.251 e. The van der Waals surface area contributed by atoms with E-state index in [1.165, 1.54) is 12.8 Å². The highest BCUT2D eigenvalue weighted by atomic mass is 16.1. The van der Waals surface area contributed by atoms with Gasteiger partial charge in [-0.25, -0.2) is 4.98 Å². The molecule has 1 aliphatic carbocycles. The Labute approximate surface area is 121 Å². The standard InChI is InChI=1S/C16H25N3O/c1-4-13-10-12(11-14(18-13)17-5-2)15(20)19-16(3)8-6-7-9-16/h10-11H,4-9H2,1-3H3,(H,17,18)(H,19,20). The van der Waals surface area contributed by atoms with Crippen molar-refractivity contribution in [3.8, 4) is 0 Å². The summed E-state index contributed by atoms with van der Waals surface area (Å²) in [4.78, 5) is 16.9. The number of hydrogen-bond acceptors (Lipinski definition) is 3. The molecule has 1 amide bonds. The smallest absolute Gasteiger partial charge is 0.251 e. The van der Waals surface area contributed by atoms with Crippen molar-refractivity contribution in [1.82, 2.24) is 10.3 Å². The maximum atomic E-state index is 12.5. The minimum atomic E-state index is -0.0366. The molecule has 0 saturated heterocycles. The highest BCUT2D eigenvalue weighted by molar-refractivity contribution is 5.95. The zero-order chi connectivity index (χ0) is 14.6. The van der Waals surface area contributed by atoms with E-state index in [9.17, 15) is 4.79 Å². The minimum absolute atomic E-state index is 0.0191. The molecule has 0 bridgehead atoms. The van der Waals surface area contributed by atoms with Gasteiger partial charge in [-0.3, -0.25) is 4.79 Å². The molecular formula is C16H25N3O. The van der Waals surface area contributed by atoms with Gasteiger partial charge < -0.3 is 10.6 Å². The van der Waals surface area contributed by atoms with E-state index in [2.05, 4.69) is 29.5 Å². The molecule has 1 heterocycles. The van der Waals surface area contributed by atoms with Crippen molar-refractivity contribution < 1.29 is 4.79 Å². The third-order valence-electron chi connectivity index (χ3n) is 3.98. The molecular weight excluding hydrogens is 250 g/mol. The summed E-state index contributed by atoms with van der Waals surface area (Å²) in [6, 6.07) is 3.74. The van der Waals surface area contributed by atoms with Gasteiger partial charge in [0.05, 0.1) is 0 Å². The molecule has 1 fully saturated rings. The Morgan fingerprint density at radius 2 is 2.00 bits per heavy atom. The van der Waals surface area contributed by atoms with Crippen LogP contribution in [-0.4, -0.2) is 23.0 Å². The first kappa shape index (κ1) is 14.8. The molecule has 0 spiro atoms. The van der Waals surface area contributed by atoms with Gasteiger partial charge in [0.2, 0.25) is 0 Å². The van der Waals surface area contributed by atoms with Crippen molar-refractivity contribution in [2.24, 2.45) is 0 Å². The van der Waals surface area contributed by atoms with Crippen molar-refractivity contribution in [3.63, 3.8) is 0 Å². The number of carbonyl (C=O) groups excluding carboxylic acids is 1. The van der Waals surface area contributed by atoms with Gasteiger partial charge in [-0.05, 0) is 45.2 Å². The fourth-order valence-electron chi connectivity index (χ4n) is 2.80. The Morgan fingerprint density at radius 1 is 1.30 bits per heavy atom. The zero-order valence-electron chi connectivity index (χ0n) is 12.8. The lowest BCUT2D eigenvalue weighted by Crippen LogP contribution is -2.43. The second-order valence-electron chi connectivity index (χ2n) is 5.84. The molecule has 2 N–H and O–H groups in total. The number of carbonyl (C=O) groups is 1. The zero-order valence-corrected chi connectivity index (χ0v) is 12.8. The number of rotatable bonds is 5. The van der Waals surface area contributed by atoms with Gasteiger partial charge in [-0.15, -0.1) is 0 Å². The lowest BCUT2D eigenvalue weighted by atomic mass is 10.00. The number of pyridine rings is 1. The third kappa shape index (κ3) is 3.50. The normalized spacial score (nSPS) is 16.9. The van der Waals surface area contributed by atoms with E-state index in [1.807, 2.05) is 19.1 Å². The second kappa shape index (κ2) is 6.25. The van der Waals surface area contributed by atoms with E-state index in [0.717, 1.165) is 37.3 Å². The van der Waals surface area contributed by atoms with Crippen LogP contribution in [0.2, 0.25) is 0 Å². The summed E-state index contributed by atoms with van der Waals surface area (Å²) in [5.74, 6) is 0.805. The molecule has 20 heavy (non-hydrogen) atoms. The van der Waals surface area contributed by atoms with Crippen LogP contribution in [0.25, 0.3) is 0 Å². The lowest BCUT2D eigenvalue weighted by molar-refractivity contribution is 0.0908. The predicted molar refractivity (Wildman–Crippen MR) is 82.1 cm³/mol.